The molecule has 0 N–H and O–H groups in total. The molecule has 0 radical (unpaired) electrons. The molecule has 0 atom stereocenters. The van der Waals surface area contributed by atoms with Gasteiger partial charge in [0.15, 0.2) is 17.5 Å². The van der Waals surface area contributed by atoms with Crippen molar-refractivity contribution < 1.29 is 4.42 Å². The molecule has 0 unspecified atom stereocenters. The van der Waals surface area contributed by atoms with Crippen molar-refractivity contribution in [1.29, 1.82) is 0 Å². The van der Waals surface area contributed by atoms with E-state index in [2.05, 4.69) is 78.9 Å². The van der Waals surface area contributed by atoms with Crippen LogP contribution >= 0.6 is 11.3 Å². The number of fused-ring (bicyclic) bond motifs is 4. The van der Waals surface area contributed by atoms with Crippen molar-refractivity contribution >= 4 is 43.5 Å². The summed E-state index contributed by atoms with van der Waals surface area (Å²) in [5.41, 5.74) is 8.57. The Morgan fingerprint density at radius 3 is 1.93 bits per heavy atom. The van der Waals surface area contributed by atoms with Gasteiger partial charge in [0.1, 0.15) is 16.2 Å². The van der Waals surface area contributed by atoms with Crippen molar-refractivity contribution in [2.45, 2.75) is 0 Å². The van der Waals surface area contributed by atoms with Crippen LogP contribution in [0.15, 0.2) is 150 Å². The molecule has 0 fully saturated rings. The number of rotatable bonds is 5. The van der Waals surface area contributed by atoms with Gasteiger partial charge in [0.2, 0.25) is 0 Å². The summed E-state index contributed by atoms with van der Waals surface area (Å²) in [5, 5.41) is 3.07. The van der Waals surface area contributed by atoms with Crippen LogP contribution in [0, 0.1) is 0 Å². The predicted octanol–water partition coefficient (Wildman–Crippen LogP) is 10.7. The summed E-state index contributed by atoms with van der Waals surface area (Å²) in [4.78, 5) is 20.0. The van der Waals surface area contributed by atoms with E-state index < -0.39 is 0 Å². The molecule has 6 heteroatoms. The van der Waals surface area contributed by atoms with Gasteiger partial charge in [-0.2, -0.15) is 0 Å². The third-order valence-corrected chi connectivity index (χ3v) is 9.26. The first-order valence-electron chi connectivity index (χ1n) is 15.1. The number of aromatic nitrogens is 4. The average molecular weight is 609 g/mol. The predicted molar refractivity (Wildman–Crippen MR) is 187 cm³/mol. The molecule has 216 valence electrons. The SMILES string of the molecule is c1ccc(-c2cccc(-c3nc4cc(-c5nc(-c6ccccc6)nc(-c6cccc7c6oc6ccccc67)n5)ccc4s3)c2)cc1. The fourth-order valence-electron chi connectivity index (χ4n) is 5.92. The number of nitrogens with zero attached hydrogens (tertiary/aromatic N) is 4. The smallest absolute Gasteiger partial charge is 0.167 e. The van der Waals surface area contributed by atoms with Crippen molar-refractivity contribution in [2.75, 3.05) is 0 Å². The zero-order valence-electron chi connectivity index (χ0n) is 24.5. The van der Waals surface area contributed by atoms with Crippen molar-refractivity contribution in [3.63, 3.8) is 0 Å². The maximum atomic E-state index is 6.36. The lowest BCUT2D eigenvalue weighted by atomic mass is 10.0. The van der Waals surface area contributed by atoms with Crippen LogP contribution in [0.25, 0.3) is 88.0 Å². The Hall–Kier alpha value is -5.98. The minimum atomic E-state index is 0.560. The van der Waals surface area contributed by atoms with Crippen LogP contribution in [0.3, 0.4) is 0 Å². The topological polar surface area (TPSA) is 64.7 Å². The highest BCUT2D eigenvalue weighted by atomic mass is 32.1. The Bertz CT molecular complexity index is 2540. The number of benzene rings is 6. The Balaban J connectivity index is 1.17. The summed E-state index contributed by atoms with van der Waals surface area (Å²) >= 11 is 1.68. The quantitative estimate of drug-likeness (QED) is 0.194. The summed E-state index contributed by atoms with van der Waals surface area (Å²) in [7, 11) is 0. The van der Waals surface area contributed by atoms with Crippen LogP contribution in [0.1, 0.15) is 0 Å². The average Bonchev–Trinajstić information content (AvgIpc) is 3.74. The lowest BCUT2D eigenvalue weighted by Crippen LogP contribution is -2.00. The largest absolute Gasteiger partial charge is 0.455 e. The van der Waals surface area contributed by atoms with E-state index in [1.807, 2.05) is 66.7 Å². The normalized spacial score (nSPS) is 11.5. The monoisotopic (exact) mass is 608 g/mol. The van der Waals surface area contributed by atoms with E-state index in [0.29, 0.717) is 17.5 Å². The van der Waals surface area contributed by atoms with E-state index in [0.717, 1.165) is 59.4 Å². The van der Waals surface area contributed by atoms with Crippen molar-refractivity contribution in [2.24, 2.45) is 0 Å². The second-order valence-electron chi connectivity index (χ2n) is 11.1. The Morgan fingerprint density at radius 2 is 1.09 bits per heavy atom. The van der Waals surface area contributed by atoms with Gasteiger partial charge in [-0.15, -0.1) is 11.3 Å². The third-order valence-electron chi connectivity index (χ3n) is 8.17. The van der Waals surface area contributed by atoms with Crippen LogP contribution in [0.2, 0.25) is 0 Å². The van der Waals surface area contributed by atoms with E-state index in [1.165, 1.54) is 11.1 Å². The maximum absolute atomic E-state index is 6.36. The van der Waals surface area contributed by atoms with Crippen molar-refractivity contribution in [3.8, 4) is 55.9 Å². The van der Waals surface area contributed by atoms with E-state index >= 15 is 0 Å². The molecule has 6 aromatic carbocycles. The van der Waals surface area contributed by atoms with Gasteiger partial charge in [-0.3, -0.25) is 0 Å². The molecule has 0 amide bonds. The first-order valence-corrected chi connectivity index (χ1v) is 15.9. The van der Waals surface area contributed by atoms with Gasteiger partial charge in [0.25, 0.3) is 0 Å². The summed E-state index contributed by atoms with van der Waals surface area (Å²) in [6.07, 6.45) is 0. The van der Waals surface area contributed by atoms with Crippen LogP contribution < -0.4 is 0 Å². The highest BCUT2D eigenvalue weighted by molar-refractivity contribution is 7.21. The molecule has 0 aliphatic carbocycles. The molecule has 46 heavy (non-hydrogen) atoms. The molecule has 0 spiro atoms. The van der Waals surface area contributed by atoms with Gasteiger partial charge < -0.3 is 4.42 Å². The molecule has 3 heterocycles. The number of para-hydroxylation sites is 2. The number of furan rings is 1. The van der Waals surface area contributed by atoms with Crippen LogP contribution in [-0.4, -0.2) is 19.9 Å². The lowest BCUT2D eigenvalue weighted by Gasteiger charge is -2.08. The first kappa shape index (κ1) is 26.4. The Kier molecular flexibility index (Phi) is 6.25. The molecule has 0 saturated carbocycles. The summed E-state index contributed by atoms with van der Waals surface area (Å²) in [5.74, 6) is 1.75. The fourth-order valence-corrected chi connectivity index (χ4v) is 6.86. The fraction of sp³-hybridized carbons (Fsp3) is 0. The second kappa shape index (κ2) is 10.9. The first-order chi connectivity index (χ1) is 22.8. The summed E-state index contributed by atoms with van der Waals surface area (Å²) < 4.78 is 7.46. The standard InChI is InChI=1S/C40H24N4OS/c1-3-11-25(12-4-1)27-15-9-16-29(23-27)40-41-33-24-28(21-22-35(33)46-40)38-42-37(26-13-5-2-6-14-26)43-39(44-38)32-19-10-18-31-30-17-7-8-20-34(30)45-36(31)32/h1-24H. The van der Waals surface area contributed by atoms with E-state index in [4.69, 9.17) is 24.4 Å². The molecule has 0 saturated heterocycles. The van der Waals surface area contributed by atoms with E-state index in [-0.39, 0.29) is 0 Å². The molecule has 9 aromatic rings. The Morgan fingerprint density at radius 1 is 0.435 bits per heavy atom. The van der Waals surface area contributed by atoms with Gasteiger partial charge in [0, 0.05) is 27.5 Å². The number of hydrogen-bond donors (Lipinski definition) is 0. The van der Waals surface area contributed by atoms with Gasteiger partial charge in [-0.25, -0.2) is 19.9 Å². The summed E-state index contributed by atoms with van der Waals surface area (Å²) in [6, 6.07) is 49.4. The van der Waals surface area contributed by atoms with Crippen molar-refractivity contribution in [3.05, 3.63) is 146 Å². The zero-order valence-corrected chi connectivity index (χ0v) is 25.3. The number of hydrogen-bond acceptors (Lipinski definition) is 6. The van der Waals surface area contributed by atoms with E-state index in [9.17, 15) is 0 Å². The molecular formula is C40H24N4OS. The molecule has 0 aliphatic rings. The molecule has 0 bridgehead atoms. The molecule has 9 rings (SSSR count). The van der Waals surface area contributed by atoms with Gasteiger partial charge >= 0.3 is 0 Å². The molecule has 5 nitrogen and oxygen atoms in total. The lowest BCUT2D eigenvalue weighted by molar-refractivity contribution is 0.669. The number of thiazole rings is 1. The third kappa shape index (κ3) is 4.64. The zero-order chi connectivity index (χ0) is 30.5. The minimum absolute atomic E-state index is 0.560. The van der Waals surface area contributed by atoms with E-state index in [1.54, 1.807) is 11.3 Å². The maximum Gasteiger partial charge on any atom is 0.167 e. The molecule has 0 aliphatic heterocycles. The van der Waals surface area contributed by atoms with Crippen LogP contribution in [0.4, 0.5) is 0 Å². The highest BCUT2D eigenvalue weighted by Crippen LogP contribution is 2.37. The molecule has 3 aromatic heterocycles. The van der Waals surface area contributed by atoms with Crippen LogP contribution in [0.5, 0.6) is 0 Å². The van der Waals surface area contributed by atoms with Gasteiger partial charge in [0.05, 0.1) is 15.8 Å². The highest BCUT2D eigenvalue weighted by Gasteiger charge is 2.18. The second-order valence-corrected chi connectivity index (χ2v) is 12.1. The van der Waals surface area contributed by atoms with Gasteiger partial charge in [-0.1, -0.05) is 109 Å². The summed E-state index contributed by atoms with van der Waals surface area (Å²) in [6.45, 7) is 0. The molecular weight excluding hydrogens is 585 g/mol. The van der Waals surface area contributed by atoms with Crippen LogP contribution in [-0.2, 0) is 0 Å². The Labute approximate surface area is 268 Å². The minimum Gasteiger partial charge on any atom is -0.455 e. The van der Waals surface area contributed by atoms with Gasteiger partial charge in [-0.05, 0) is 47.5 Å². The van der Waals surface area contributed by atoms with Crippen molar-refractivity contribution in [1.82, 2.24) is 19.9 Å².